The maximum Gasteiger partial charge on any atom is 0.0667 e. The lowest BCUT2D eigenvalue weighted by molar-refractivity contribution is 0.113. The third-order valence-corrected chi connectivity index (χ3v) is 3.76. The second-order valence-corrected chi connectivity index (χ2v) is 4.93. The quantitative estimate of drug-likeness (QED) is 0.709. The van der Waals surface area contributed by atoms with Crippen molar-refractivity contribution in [2.45, 2.75) is 64.5 Å². The maximum atomic E-state index is 5.25. The summed E-state index contributed by atoms with van der Waals surface area (Å²) in [5.41, 5.74) is 0. The molecule has 15 heavy (non-hydrogen) atoms. The summed E-state index contributed by atoms with van der Waals surface area (Å²) in [5, 5.41) is 3.63. The Morgan fingerprint density at radius 2 is 2.07 bits per heavy atom. The minimum atomic E-state index is 0.343. The van der Waals surface area contributed by atoms with Crippen molar-refractivity contribution in [1.82, 2.24) is 5.32 Å². The lowest BCUT2D eigenvalue weighted by Crippen LogP contribution is -2.34. The van der Waals surface area contributed by atoms with Crippen LogP contribution in [0.2, 0.25) is 0 Å². The number of nitrogens with one attached hydrogen (secondary N) is 1. The van der Waals surface area contributed by atoms with Gasteiger partial charge in [-0.05, 0) is 32.1 Å². The van der Waals surface area contributed by atoms with Crippen molar-refractivity contribution in [3.05, 3.63) is 0 Å². The largest absolute Gasteiger partial charge is 0.380 e. The van der Waals surface area contributed by atoms with Crippen molar-refractivity contribution in [2.24, 2.45) is 5.92 Å². The van der Waals surface area contributed by atoms with Gasteiger partial charge in [0.25, 0.3) is 0 Å². The van der Waals surface area contributed by atoms with E-state index in [-0.39, 0.29) is 0 Å². The summed E-state index contributed by atoms with van der Waals surface area (Å²) in [5.74, 6) is 0.983. The molecule has 2 nitrogen and oxygen atoms in total. The third kappa shape index (κ3) is 4.98. The van der Waals surface area contributed by atoms with Gasteiger partial charge in [0, 0.05) is 19.7 Å². The summed E-state index contributed by atoms with van der Waals surface area (Å²) < 4.78 is 5.25. The molecule has 0 aromatic rings. The van der Waals surface area contributed by atoms with E-state index in [0.29, 0.717) is 6.10 Å². The van der Waals surface area contributed by atoms with Gasteiger partial charge in [0.05, 0.1) is 6.10 Å². The first-order valence-electron chi connectivity index (χ1n) is 6.52. The molecule has 2 heteroatoms. The van der Waals surface area contributed by atoms with Gasteiger partial charge >= 0.3 is 0 Å². The number of hydrogen-bond donors (Lipinski definition) is 1. The van der Waals surface area contributed by atoms with Crippen LogP contribution in [0.5, 0.6) is 0 Å². The molecule has 0 aromatic heterocycles. The van der Waals surface area contributed by atoms with Crippen LogP contribution in [-0.2, 0) is 4.74 Å². The van der Waals surface area contributed by atoms with E-state index in [0.717, 1.165) is 18.5 Å². The van der Waals surface area contributed by atoms with Gasteiger partial charge in [-0.25, -0.2) is 0 Å². The highest BCUT2D eigenvalue weighted by Crippen LogP contribution is 2.25. The maximum absolute atomic E-state index is 5.25. The van der Waals surface area contributed by atoms with Crippen LogP contribution in [0.3, 0.4) is 0 Å². The van der Waals surface area contributed by atoms with E-state index in [1.807, 2.05) is 0 Å². The van der Waals surface area contributed by atoms with Gasteiger partial charge < -0.3 is 10.1 Å². The average Bonchev–Trinajstić information content (AvgIpc) is 2.50. The molecule has 1 aliphatic carbocycles. The summed E-state index contributed by atoms with van der Waals surface area (Å²) in [6, 6.07) is 0.735. The van der Waals surface area contributed by atoms with Crippen LogP contribution in [0, 0.1) is 5.92 Å². The zero-order chi connectivity index (χ0) is 11.1. The second kappa shape index (κ2) is 7.24. The highest BCUT2D eigenvalue weighted by molar-refractivity contribution is 4.75. The van der Waals surface area contributed by atoms with E-state index >= 15 is 0 Å². The summed E-state index contributed by atoms with van der Waals surface area (Å²) in [6.07, 6.45) is 8.67. The number of ether oxygens (including phenoxy) is 1. The fourth-order valence-electron chi connectivity index (χ4n) is 2.41. The Bertz CT molecular complexity index is 161. The van der Waals surface area contributed by atoms with Crippen molar-refractivity contribution in [1.29, 1.82) is 0 Å². The van der Waals surface area contributed by atoms with Gasteiger partial charge in [0.2, 0.25) is 0 Å². The molecule has 1 N–H and O–H groups in total. The highest BCUT2D eigenvalue weighted by Gasteiger charge is 2.17. The Morgan fingerprint density at radius 3 is 2.73 bits per heavy atom. The van der Waals surface area contributed by atoms with Gasteiger partial charge in [-0.1, -0.05) is 26.2 Å². The topological polar surface area (TPSA) is 21.3 Å². The minimum absolute atomic E-state index is 0.343. The first kappa shape index (κ1) is 13.0. The SMILES string of the molecule is CCC1CCCC(NCC(C)OC)CC1. The first-order valence-corrected chi connectivity index (χ1v) is 6.52. The molecule has 0 aliphatic heterocycles. The monoisotopic (exact) mass is 213 g/mol. The molecule has 3 atom stereocenters. The van der Waals surface area contributed by atoms with Crippen molar-refractivity contribution in [3.63, 3.8) is 0 Å². The van der Waals surface area contributed by atoms with Gasteiger partial charge in [0.15, 0.2) is 0 Å². The molecule has 1 rings (SSSR count). The molecule has 0 aromatic carbocycles. The molecule has 0 bridgehead atoms. The molecule has 1 saturated carbocycles. The molecular weight excluding hydrogens is 186 g/mol. The predicted molar refractivity (Wildman–Crippen MR) is 65.1 cm³/mol. The van der Waals surface area contributed by atoms with Gasteiger partial charge in [-0.2, -0.15) is 0 Å². The molecule has 0 spiro atoms. The number of rotatable bonds is 5. The number of methoxy groups -OCH3 is 1. The minimum Gasteiger partial charge on any atom is -0.380 e. The van der Waals surface area contributed by atoms with Crippen molar-refractivity contribution < 1.29 is 4.74 Å². The molecular formula is C13H27NO. The van der Waals surface area contributed by atoms with Gasteiger partial charge in [-0.3, -0.25) is 0 Å². The number of hydrogen-bond acceptors (Lipinski definition) is 2. The van der Waals surface area contributed by atoms with E-state index < -0.39 is 0 Å². The predicted octanol–water partition coefficient (Wildman–Crippen LogP) is 2.97. The lowest BCUT2D eigenvalue weighted by atomic mass is 9.98. The summed E-state index contributed by atoms with van der Waals surface area (Å²) in [6.45, 7) is 5.45. The third-order valence-electron chi connectivity index (χ3n) is 3.76. The second-order valence-electron chi connectivity index (χ2n) is 4.93. The summed E-state index contributed by atoms with van der Waals surface area (Å²) in [4.78, 5) is 0. The Morgan fingerprint density at radius 1 is 1.27 bits per heavy atom. The zero-order valence-electron chi connectivity index (χ0n) is 10.6. The van der Waals surface area contributed by atoms with E-state index in [1.165, 1.54) is 38.5 Å². The fourth-order valence-corrected chi connectivity index (χ4v) is 2.41. The molecule has 0 amide bonds. The molecule has 1 aliphatic rings. The van der Waals surface area contributed by atoms with Crippen LogP contribution in [0.4, 0.5) is 0 Å². The van der Waals surface area contributed by atoms with E-state index in [4.69, 9.17) is 4.74 Å². The Hall–Kier alpha value is -0.0800. The van der Waals surface area contributed by atoms with E-state index in [1.54, 1.807) is 7.11 Å². The Labute approximate surface area is 94.8 Å². The van der Waals surface area contributed by atoms with Crippen LogP contribution in [0.25, 0.3) is 0 Å². The highest BCUT2D eigenvalue weighted by atomic mass is 16.5. The average molecular weight is 213 g/mol. The zero-order valence-corrected chi connectivity index (χ0v) is 10.6. The molecule has 0 saturated heterocycles. The summed E-state index contributed by atoms with van der Waals surface area (Å²) >= 11 is 0. The van der Waals surface area contributed by atoms with Crippen LogP contribution in [0.15, 0.2) is 0 Å². The lowest BCUT2D eigenvalue weighted by Gasteiger charge is -2.19. The normalized spacial score (nSPS) is 29.8. The van der Waals surface area contributed by atoms with Crippen molar-refractivity contribution >= 4 is 0 Å². The van der Waals surface area contributed by atoms with Crippen molar-refractivity contribution in [2.75, 3.05) is 13.7 Å². The fraction of sp³-hybridized carbons (Fsp3) is 1.00. The first-order chi connectivity index (χ1) is 7.26. The molecule has 0 heterocycles. The van der Waals surface area contributed by atoms with Crippen LogP contribution < -0.4 is 5.32 Å². The molecule has 1 fully saturated rings. The van der Waals surface area contributed by atoms with Crippen molar-refractivity contribution in [3.8, 4) is 0 Å². The van der Waals surface area contributed by atoms with Crippen LogP contribution in [-0.4, -0.2) is 25.8 Å². The van der Waals surface area contributed by atoms with E-state index in [9.17, 15) is 0 Å². The smallest absolute Gasteiger partial charge is 0.0667 e. The van der Waals surface area contributed by atoms with Gasteiger partial charge in [-0.15, -0.1) is 0 Å². The van der Waals surface area contributed by atoms with Gasteiger partial charge in [0.1, 0.15) is 0 Å². The summed E-state index contributed by atoms with van der Waals surface area (Å²) in [7, 11) is 1.78. The molecule has 3 unspecified atom stereocenters. The van der Waals surface area contributed by atoms with E-state index in [2.05, 4.69) is 19.2 Å². The Balaban J connectivity index is 2.19. The molecule has 90 valence electrons. The van der Waals surface area contributed by atoms with Crippen LogP contribution >= 0.6 is 0 Å². The van der Waals surface area contributed by atoms with Crippen LogP contribution in [0.1, 0.15) is 52.4 Å². The molecule has 0 radical (unpaired) electrons. The Kier molecular flexibility index (Phi) is 6.26. The standard InChI is InChI=1S/C13H27NO/c1-4-12-6-5-7-13(9-8-12)14-10-11(2)15-3/h11-14H,4-10H2,1-3H3.